The molecular weight excluding hydrogens is 476 g/mol. The number of benzene rings is 1. The second-order valence-electron chi connectivity index (χ2n) is 11.7. The van der Waals surface area contributed by atoms with E-state index >= 15 is 0 Å². The first kappa shape index (κ1) is 26.2. The zero-order chi connectivity index (χ0) is 25.7. The minimum absolute atomic E-state index is 0.131. The maximum atomic E-state index is 5.82. The molecule has 6 nitrogen and oxygen atoms in total. The van der Waals surface area contributed by atoms with Gasteiger partial charge in [0.15, 0.2) is 5.11 Å². The Morgan fingerprint density at radius 1 is 0.946 bits per heavy atom. The third-order valence-electron chi connectivity index (χ3n) is 8.79. The van der Waals surface area contributed by atoms with E-state index in [0.717, 1.165) is 37.8 Å². The standard InChI is InChI=1S/C30H44N6S/c1-23-12-11-18-35(21-23)26-20-27(36-19-10-7-13-24(36)2)33-28(32-26)34-29(37)31-22-30(16-8-4-9-17-30)25-14-5-3-6-15-25/h3,5-6,14-15,20,23-24H,4,7-13,16-19,21-22H2,1-2H3,(H2,31,32,33,34,37). The van der Waals surface area contributed by atoms with Gasteiger partial charge < -0.3 is 20.4 Å². The molecule has 5 rings (SSSR count). The van der Waals surface area contributed by atoms with E-state index in [-0.39, 0.29) is 5.41 Å². The van der Waals surface area contributed by atoms with Gasteiger partial charge in [0.25, 0.3) is 0 Å². The van der Waals surface area contributed by atoms with E-state index in [1.807, 2.05) is 0 Å². The fourth-order valence-corrected chi connectivity index (χ4v) is 6.77. The molecule has 200 valence electrons. The molecule has 2 N–H and O–H groups in total. The number of anilines is 3. The zero-order valence-electron chi connectivity index (χ0n) is 22.7. The lowest BCUT2D eigenvalue weighted by Crippen LogP contribution is -2.44. The summed E-state index contributed by atoms with van der Waals surface area (Å²) in [7, 11) is 0. The Hall–Kier alpha value is -2.41. The van der Waals surface area contributed by atoms with Crippen molar-refractivity contribution < 1.29 is 0 Å². The summed E-state index contributed by atoms with van der Waals surface area (Å²) in [6.07, 6.45) is 12.5. The van der Waals surface area contributed by atoms with Gasteiger partial charge in [0.2, 0.25) is 5.95 Å². The molecule has 2 saturated heterocycles. The van der Waals surface area contributed by atoms with Gasteiger partial charge in [-0.2, -0.15) is 9.97 Å². The molecule has 1 aliphatic carbocycles. The van der Waals surface area contributed by atoms with Gasteiger partial charge in [0.05, 0.1) is 0 Å². The normalized spacial score (nSPS) is 23.9. The van der Waals surface area contributed by atoms with E-state index in [9.17, 15) is 0 Å². The monoisotopic (exact) mass is 520 g/mol. The molecule has 0 bridgehead atoms. The van der Waals surface area contributed by atoms with Crippen LogP contribution in [0.15, 0.2) is 36.4 Å². The summed E-state index contributed by atoms with van der Waals surface area (Å²) >= 11 is 5.82. The van der Waals surface area contributed by atoms with Gasteiger partial charge in [-0.25, -0.2) is 0 Å². The van der Waals surface area contributed by atoms with Gasteiger partial charge in [-0.05, 0) is 75.6 Å². The Kier molecular flexibility index (Phi) is 8.48. The summed E-state index contributed by atoms with van der Waals surface area (Å²) in [5.74, 6) is 3.34. The molecule has 2 unspecified atom stereocenters. The van der Waals surface area contributed by atoms with Crippen LogP contribution in [0.5, 0.6) is 0 Å². The number of nitrogens with one attached hydrogen (secondary N) is 2. The topological polar surface area (TPSA) is 56.3 Å². The molecule has 3 fully saturated rings. The predicted molar refractivity (Wildman–Crippen MR) is 159 cm³/mol. The first-order valence-corrected chi connectivity index (χ1v) is 14.9. The molecule has 1 aromatic carbocycles. The van der Waals surface area contributed by atoms with Crippen LogP contribution < -0.4 is 20.4 Å². The van der Waals surface area contributed by atoms with Crippen molar-refractivity contribution in [3.05, 3.63) is 42.0 Å². The van der Waals surface area contributed by atoms with E-state index in [2.05, 4.69) is 70.7 Å². The highest BCUT2D eigenvalue weighted by Crippen LogP contribution is 2.39. The van der Waals surface area contributed by atoms with Crippen LogP contribution in [-0.4, -0.2) is 47.3 Å². The summed E-state index contributed by atoms with van der Waals surface area (Å²) in [5.41, 5.74) is 1.55. The maximum Gasteiger partial charge on any atom is 0.232 e. The van der Waals surface area contributed by atoms with Crippen molar-refractivity contribution in [1.29, 1.82) is 0 Å². The predicted octanol–water partition coefficient (Wildman–Crippen LogP) is 6.28. The smallest absolute Gasteiger partial charge is 0.232 e. The molecule has 2 aliphatic heterocycles. The number of hydrogen-bond donors (Lipinski definition) is 2. The molecule has 2 aromatic rings. The Labute approximate surface area is 228 Å². The van der Waals surface area contributed by atoms with Crippen LogP contribution in [0, 0.1) is 5.92 Å². The number of thiocarbonyl (C=S) groups is 1. The Balaban J connectivity index is 1.34. The van der Waals surface area contributed by atoms with Crippen molar-refractivity contribution in [2.75, 3.05) is 41.3 Å². The fourth-order valence-electron chi connectivity index (χ4n) is 6.61. The van der Waals surface area contributed by atoms with Crippen molar-refractivity contribution in [2.45, 2.75) is 89.5 Å². The lowest BCUT2D eigenvalue weighted by molar-refractivity contribution is 0.292. The minimum Gasteiger partial charge on any atom is -0.361 e. The average Bonchev–Trinajstić information content (AvgIpc) is 2.93. The molecule has 1 saturated carbocycles. The third-order valence-corrected chi connectivity index (χ3v) is 9.03. The second kappa shape index (κ2) is 12.0. The highest BCUT2D eigenvalue weighted by atomic mass is 32.1. The number of hydrogen-bond acceptors (Lipinski definition) is 5. The average molecular weight is 521 g/mol. The highest BCUT2D eigenvalue weighted by molar-refractivity contribution is 7.80. The van der Waals surface area contributed by atoms with E-state index in [0.29, 0.717) is 23.0 Å². The van der Waals surface area contributed by atoms with Crippen LogP contribution in [0.1, 0.15) is 83.6 Å². The van der Waals surface area contributed by atoms with E-state index < -0.39 is 0 Å². The van der Waals surface area contributed by atoms with Gasteiger partial charge in [-0.3, -0.25) is 0 Å². The lowest BCUT2D eigenvalue weighted by atomic mass is 9.69. The van der Waals surface area contributed by atoms with Gasteiger partial charge in [0.1, 0.15) is 11.6 Å². The SMILES string of the molecule is CC1CCCN(c2cc(N3CCCCC3C)nc(NC(=S)NCC3(c4ccccc4)CCCCC3)n2)C1. The van der Waals surface area contributed by atoms with Crippen molar-refractivity contribution >= 4 is 34.9 Å². The number of rotatable bonds is 6. The van der Waals surface area contributed by atoms with Gasteiger partial charge in [-0.15, -0.1) is 0 Å². The largest absolute Gasteiger partial charge is 0.361 e. The number of nitrogens with zero attached hydrogens (tertiary/aromatic N) is 4. The Morgan fingerprint density at radius 3 is 2.49 bits per heavy atom. The summed E-state index contributed by atoms with van der Waals surface area (Å²) in [4.78, 5) is 14.8. The van der Waals surface area contributed by atoms with Crippen LogP contribution in [0.25, 0.3) is 0 Å². The molecule has 0 amide bonds. The molecule has 37 heavy (non-hydrogen) atoms. The summed E-state index contributed by atoms with van der Waals surface area (Å²) < 4.78 is 0. The van der Waals surface area contributed by atoms with Crippen molar-refractivity contribution in [2.24, 2.45) is 5.92 Å². The highest BCUT2D eigenvalue weighted by Gasteiger charge is 2.34. The summed E-state index contributed by atoms with van der Waals surface area (Å²) in [6.45, 7) is 8.65. The van der Waals surface area contributed by atoms with E-state index in [1.54, 1.807) is 0 Å². The molecule has 3 aliphatic rings. The number of piperidine rings is 2. The molecule has 0 spiro atoms. The molecule has 2 atom stereocenters. The zero-order valence-corrected chi connectivity index (χ0v) is 23.5. The molecule has 1 aromatic heterocycles. The number of aromatic nitrogens is 2. The van der Waals surface area contributed by atoms with Gasteiger partial charge in [0, 0.05) is 43.7 Å². The Morgan fingerprint density at radius 2 is 1.73 bits per heavy atom. The maximum absolute atomic E-state index is 5.82. The first-order valence-electron chi connectivity index (χ1n) is 14.5. The van der Waals surface area contributed by atoms with Crippen LogP contribution >= 0.6 is 12.2 Å². The third kappa shape index (κ3) is 6.36. The van der Waals surface area contributed by atoms with E-state index in [4.69, 9.17) is 22.2 Å². The first-order chi connectivity index (χ1) is 18.0. The van der Waals surface area contributed by atoms with E-state index in [1.165, 1.54) is 69.8 Å². The van der Waals surface area contributed by atoms with Crippen LogP contribution in [-0.2, 0) is 5.41 Å². The molecular formula is C30H44N6S. The van der Waals surface area contributed by atoms with Gasteiger partial charge >= 0.3 is 0 Å². The van der Waals surface area contributed by atoms with Gasteiger partial charge in [-0.1, -0.05) is 56.5 Å². The van der Waals surface area contributed by atoms with Crippen molar-refractivity contribution in [1.82, 2.24) is 15.3 Å². The fraction of sp³-hybridized carbons (Fsp3) is 0.633. The van der Waals surface area contributed by atoms with Crippen LogP contribution in [0.4, 0.5) is 17.6 Å². The second-order valence-corrected chi connectivity index (χ2v) is 12.1. The summed E-state index contributed by atoms with van der Waals surface area (Å²) in [5, 5.41) is 7.56. The van der Waals surface area contributed by atoms with Crippen LogP contribution in [0.3, 0.4) is 0 Å². The minimum atomic E-state index is 0.131. The van der Waals surface area contributed by atoms with Crippen LogP contribution in [0.2, 0.25) is 0 Å². The molecule has 3 heterocycles. The van der Waals surface area contributed by atoms with Crippen molar-refractivity contribution in [3.63, 3.8) is 0 Å². The molecule has 7 heteroatoms. The molecule has 0 radical (unpaired) electrons. The van der Waals surface area contributed by atoms with Crippen molar-refractivity contribution in [3.8, 4) is 0 Å². The Bertz CT molecular complexity index is 1040. The quantitative estimate of drug-likeness (QED) is 0.435. The summed E-state index contributed by atoms with van der Waals surface area (Å²) in [6, 6.07) is 13.7. The lowest BCUT2D eigenvalue weighted by Gasteiger charge is -2.38.